The lowest BCUT2D eigenvalue weighted by Crippen LogP contribution is -2.49. The zero-order chi connectivity index (χ0) is 19.6. The molecule has 6 heteroatoms. The van der Waals surface area contributed by atoms with Crippen molar-refractivity contribution in [2.45, 2.75) is 40.2 Å². The van der Waals surface area contributed by atoms with E-state index in [0.29, 0.717) is 48.8 Å². The summed E-state index contributed by atoms with van der Waals surface area (Å²) in [5, 5.41) is 3.10. The van der Waals surface area contributed by atoms with Crippen LogP contribution in [0.5, 0.6) is 11.5 Å². The Balaban J connectivity index is 2.02. The second kappa shape index (κ2) is 11.1. The Morgan fingerprint density at radius 1 is 1.15 bits per heavy atom. The first-order valence-electron chi connectivity index (χ1n) is 10.0. The van der Waals surface area contributed by atoms with Gasteiger partial charge in [-0.2, -0.15) is 0 Å². The third-order valence-electron chi connectivity index (χ3n) is 4.61. The highest BCUT2D eigenvalue weighted by Gasteiger charge is 2.23. The van der Waals surface area contributed by atoms with Gasteiger partial charge in [-0.1, -0.05) is 13.8 Å². The summed E-state index contributed by atoms with van der Waals surface area (Å²) < 4.78 is 16.7. The Kier molecular flexibility index (Phi) is 8.88. The number of hydrogen-bond acceptors (Lipinski definition) is 5. The zero-order valence-electron chi connectivity index (χ0n) is 17.1. The molecule has 1 N–H and O–H groups in total. The molecule has 1 unspecified atom stereocenters. The van der Waals surface area contributed by atoms with E-state index in [-0.39, 0.29) is 5.91 Å². The molecule has 0 saturated carbocycles. The molecule has 1 aromatic rings. The molecule has 6 nitrogen and oxygen atoms in total. The average molecular weight is 379 g/mol. The summed E-state index contributed by atoms with van der Waals surface area (Å²) in [5.41, 5.74) is 0.590. The van der Waals surface area contributed by atoms with E-state index in [4.69, 9.17) is 14.2 Å². The van der Waals surface area contributed by atoms with Gasteiger partial charge < -0.3 is 19.5 Å². The van der Waals surface area contributed by atoms with Gasteiger partial charge in [-0.25, -0.2) is 0 Å². The van der Waals surface area contributed by atoms with E-state index in [2.05, 4.69) is 24.1 Å². The lowest BCUT2D eigenvalue weighted by Gasteiger charge is -2.35. The first kappa shape index (κ1) is 21.5. The number of carbonyl (C=O) groups is 1. The molecule has 2 rings (SSSR count). The number of hydrogen-bond donors (Lipinski definition) is 1. The quantitative estimate of drug-likeness (QED) is 0.678. The van der Waals surface area contributed by atoms with Crippen molar-refractivity contribution in [3.63, 3.8) is 0 Å². The number of benzene rings is 1. The lowest BCUT2D eigenvalue weighted by atomic mass is 10.0. The standard InChI is InChI=1S/C21H34N2O4/c1-5-26-19-8-7-17(14-20(19)27-6-2)21(24)22-15-18(13-16(3)4)23-9-11-25-12-10-23/h7-8,14,16,18H,5-6,9-13,15H2,1-4H3,(H,22,24). The van der Waals surface area contributed by atoms with Crippen LogP contribution in [0.4, 0.5) is 0 Å². The summed E-state index contributed by atoms with van der Waals surface area (Å²) in [6, 6.07) is 5.68. The number of amides is 1. The maximum atomic E-state index is 12.7. The Bertz CT molecular complexity index is 586. The van der Waals surface area contributed by atoms with E-state index in [1.54, 1.807) is 18.2 Å². The molecular weight excluding hydrogens is 344 g/mol. The first-order valence-corrected chi connectivity index (χ1v) is 10.0. The van der Waals surface area contributed by atoms with Crippen LogP contribution in [0.15, 0.2) is 18.2 Å². The van der Waals surface area contributed by atoms with Gasteiger partial charge in [-0.15, -0.1) is 0 Å². The van der Waals surface area contributed by atoms with Crippen molar-refractivity contribution in [3.8, 4) is 11.5 Å². The minimum atomic E-state index is -0.0824. The summed E-state index contributed by atoms with van der Waals surface area (Å²) in [7, 11) is 0. The van der Waals surface area contributed by atoms with Gasteiger partial charge in [-0.05, 0) is 44.4 Å². The monoisotopic (exact) mass is 378 g/mol. The Hall–Kier alpha value is -1.79. The van der Waals surface area contributed by atoms with Crippen LogP contribution in [0.3, 0.4) is 0 Å². The summed E-state index contributed by atoms with van der Waals surface area (Å²) in [4.78, 5) is 15.1. The van der Waals surface area contributed by atoms with Crippen LogP contribution in [-0.4, -0.2) is 62.9 Å². The maximum Gasteiger partial charge on any atom is 0.251 e. The second-order valence-corrected chi connectivity index (χ2v) is 7.17. The zero-order valence-corrected chi connectivity index (χ0v) is 17.1. The van der Waals surface area contributed by atoms with Gasteiger partial charge in [0.2, 0.25) is 0 Å². The number of rotatable bonds is 10. The Morgan fingerprint density at radius 3 is 2.44 bits per heavy atom. The maximum absolute atomic E-state index is 12.7. The molecule has 0 spiro atoms. The van der Waals surface area contributed by atoms with E-state index in [1.165, 1.54) is 0 Å². The molecule has 152 valence electrons. The van der Waals surface area contributed by atoms with Crippen LogP contribution in [0.1, 0.15) is 44.5 Å². The van der Waals surface area contributed by atoms with Gasteiger partial charge >= 0.3 is 0 Å². The van der Waals surface area contributed by atoms with Gasteiger partial charge in [0, 0.05) is 31.2 Å². The van der Waals surface area contributed by atoms with Crippen molar-refractivity contribution >= 4 is 5.91 Å². The molecule has 0 aromatic heterocycles. The molecule has 1 fully saturated rings. The minimum Gasteiger partial charge on any atom is -0.490 e. The number of carbonyl (C=O) groups excluding carboxylic acids is 1. The highest BCUT2D eigenvalue weighted by atomic mass is 16.5. The summed E-state index contributed by atoms with van der Waals surface area (Å²) >= 11 is 0. The van der Waals surface area contributed by atoms with Crippen LogP contribution < -0.4 is 14.8 Å². The van der Waals surface area contributed by atoms with Gasteiger partial charge in [0.25, 0.3) is 5.91 Å². The molecule has 1 atom stereocenters. The molecular formula is C21H34N2O4. The fourth-order valence-corrected chi connectivity index (χ4v) is 3.35. The minimum absolute atomic E-state index is 0.0824. The van der Waals surface area contributed by atoms with Crippen LogP contribution in [-0.2, 0) is 4.74 Å². The predicted molar refractivity (Wildman–Crippen MR) is 107 cm³/mol. The summed E-state index contributed by atoms with van der Waals surface area (Å²) in [5.74, 6) is 1.77. The van der Waals surface area contributed by atoms with Crippen molar-refractivity contribution in [1.82, 2.24) is 10.2 Å². The molecule has 27 heavy (non-hydrogen) atoms. The van der Waals surface area contributed by atoms with Crippen LogP contribution in [0.25, 0.3) is 0 Å². The van der Waals surface area contributed by atoms with E-state index >= 15 is 0 Å². The van der Waals surface area contributed by atoms with Crippen molar-refractivity contribution in [2.24, 2.45) is 5.92 Å². The van der Waals surface area contributed by atoms with E-state index in [0.717, 1.165) is 32.7 Å². The van der Waals surface area contributed by atoms with Crippen molar-refractivity contribution < 1.29 is 19.0 Å². The van der Waals surface area contributed by atoms with E-state index in [9.17, 15) is 4.79 Å². The molecule has 1 amide bonds. The van der Waals surface area contributed by atoms with Crippen molar-refractivity contribution in [2.75, 3.05) is 46.1 Å². The third kappa shape index (κ3) is 6.70. The highest BCUT2D eigenvalue weighted by Crippen LogP contribution is 2.28. The summed E-state index contributed by atoms with van der Waals surface area (Å²) in [6.07, 6.45) is 1.05. The normalized spacial score (nSPS) is 16.2. The van der Waals surface area contributed by atoms with Gasteiger partial charge in [0.05, 0.1) is 26.4 Å². The highest BCUT2D eigenvalue weighted by molar-refractivity contribution is 5.94. The predicted octanol–water partition coefficient (Wildman–Crippen LogP) is 2.96. The average Bonchev–Trinajstić information content (AvgIpc) is 2.67. The SMILES string of the molecule is CCOc1ccc(C(=O)NCC(CC(C)C)N2CCOCC2)cc1OCC. The fraction of sp³-hybridized carbons (Fsp3) is 0.667. The molecule has 1 aliphatic heterocycles. The van der Waals surface area contributed by atoms with Gasteiger partial charge in [-0.3, -0.25) is 9.69 Å². The molecule has 1 heterocycles. The first-order chi connectivity index (χ1) is 13.0. The second-order valence-electron chi connectivity index (χ2n) is 7.17. The number of nitrogens with one attached hydrogen (secondary N) is 1. The molecule has 1 aromatic carbocycles. The lowest BCUT2D eigenvalue weighted by molar-refractivity contribution is 0.0124. The van der Waals surface area contributed by atoms with Crippen molar-refractivity contribution in [1.29, 1.82) is 0 Å². The fourth-order valence-electron chi connectivity index (χ4n) is 3.35. The summed E-state index contributed by atoms with van der Waals surface area (Å²) in [6.45, 7) is 13.4. The molecule has 0 bridgehead atoms. The number of morpholine rings is 1. The Labute approximate surface area is 163 Å². The third-order valence-corrected chi connectivity index (χ3v) is 4.61. The molecule has 0 aliphatic carbocycles. The molecule has 0 radical (unpaired) electrons. The Morgan fingerprint density at radius 2 is 1.81 bits per heavy atom. The number of ether oxygens (including phenoxy) is 3. The van der Waals surface area contributed by atoms with Gasteiger partial charge in [0.15, 0.2) is 11.5 Å². The van der Waals surface area contributed by atoms with Crippen LogP contribution in [0, 0.1) is 5.92 Å². The smallest absolute Gasteiger partial charge is 0.251 e. The van der Waals surface area contributed by atoms with E-state index < -0.39 is 0 Å². The topological polar surface area (TPSA) is 60.0 Å². The van der Waals surface area contributed by atoms with E-state index in [1.807, 2.05) is 13.8 Å². The molecule has 1 saturated heterocycles. The van der Waals surface area contributed by atoms with Crippen LogP contribution >= 0.6 is 0 Å². The van der Waals surface area contributed by atoms with Crippen molar-refractivity contribution in [3.05, 3.63) is 23.8 Å². The van der Waals surface area contributed by atoms with Gasteiger partial charge in [0.1, 0.15) is 0 Å². The molecule has 1 aliphatic rings. The largest absolute Gasteiger partial charge is 0.490 e. The van der Waals surface area contributed by atoms with Crippen LogP contribution in [0.2, 0.25) is 0 Å². The number of nitrogens with zero attached hydrogens (tertiary/aromatic N) is 1.